The Kier molecular flexibility index (Phi) is 7.55. The minimum atomic E-state index is -1.10. The third-order valence-electron chi connectivity index (χ3n) is 5.21. The zero-order chi connectivity index (χ0) is 24.3. The fourth-order valence-corrected chi connectivity index (χ4v) is 4.11. The van der Waals surface area contributed by atoms with Gasteiger partial charge >= 0.3 is 5.97 Å². The van der Waals surface area contributed by atoms with E-state index in [1.54, 1.807) is 42.2 Å². The van der Waals surface area contributed by atoms with Crippen LogP contribution in [0, 0.1) is 5.41 Å². The molecule has 0 spiro atoms. The summed E-state index contributed by atoms with van der Waals surface area (Å²) in [6.07, 6.45) is -2.17. The highest BCUT2D eigenvalue weighted by atomic mass is 35.5. The van der Waals surface area contributed by atoms with Gasteiger partial charge in [0.2, 0.25) is 0 Å². The average Bonchev–Trinajstić information content (AvgIpc) is 2.83. The van der Waals surface area contributed by atoms with E-state index in [4.69, 9.17) is 25.8 Å². The van der Waals surface area contributed by atoms with Crippen molar-refractivity contribution in [3.8, 4) is 11.5 Å². The van der Waals surface area contributed by atoms with Crippen LogP contribution in [0.5, 0.6) is 11.5 Å². The molecule has 0 saturated heterocycles. The molecule has 3 rings (SSSR count). The van der Waals surface area contributed by atoms with Crippen LogP contribution < -0.4 is 9.64 Å². The standard InChI is InChI=1S/C25H30ClNO6/c1-6-32-21(29)13-20-24(30)27(14-25(2,3)4)18-11-10-15(26)12-17(18)22(33-20)16-8-7-9-19(28)23(16)31-5/h7-12,20,22,28H,6,13-14H2,1-5H3. The number of methoxy groups -OCH3 is 1. The van der Waals surface area contributed by atoms with Crippen LogP contribution in [0.2, 0.25) is 5.02 Å². The lowest BCUT2D eigenvalue weighted by Crippen LogP contribution is -2.44. The normalized spacial score (nSPS) is 18.5. The lowest BCUT2D eigenvalue weighted by atomic mass is 9.94. The number of rotatable bonds is 6. The van der Waals surface area contributed by atoms with Crippen LogP contribution in [0.25, 0.3) is 0 Å². The molecular weight excluding hydrogens is 446 g/mol. The van der Waals surface area contributed by atoms with Crippen molar-refractivity contribution < 1.29 is 28.9 Å². The number of hydrogen-bond donors (Lipinski definition) is 1. The summed E-state index contributed by atoms with van der Waals surface area (Å²) in [5.74, 6) is -0.716. The first kappa shape index (κ1) is 24.9. The van der Waals surface area contributed by atoms with Gasteiger partial charge in [0.25, 0.3) is 5.91 Å². The van der Waals surface area contributed by atoms with Crippen LogP contribution in [-0.2, 0) is 19.1 Å². The van der Waals surface area contributed by atoms with Crippen molar-refractivity contribution in [2.75, 3.05) is 25.2 Å². The van der Waals surface area contributed by atoms with Gasteiger partial charge in [0.1, 0.15) is 12.2 Å². The summed E-state index contributed by atoms with van der Waals surface area (Å²) in [5.41, 5.74) is 1.54. The fraction of sp³-hybridized carbons (Fsp3) is 0.440. The maximum absolute atomic E-state index is 13.7. The molecule has 1 aliphatic heterocycles. The van der Waals surface area contributed by atoms with Crippen molar-refractivity contribution in [2.45, 2.75) is 46.3 Å². The van der Waals surface area contributed by atoms with Crippen LogP contribution in [0.4, 0.5) is 5.69 Å². The molecular formula is C25H30ClNO6. The molecule has 2 unspecified atom stereocenters. The Morgan fingerprint density at radius 3 is 2.58 bits per heavy atom. The summed E-state index contributed by atoms with van der Waals surface area (Å²) in [6.45, 7) is 8.38. The van der Waals surface area contributed by atoms with E-state index in [2.05, 4.69) is 0 Å². The predicted octanol–water partition coefficient (Wildman–Crippen LogP) is 4.87. The van der Waals surface area contributed by atoms with E-state index in [0.29, 0.717) is 28.4 Å². The largest absolute Gasteiger partial charge is 0.504 e. The summed E-state index contributed by atoms with van der Waals surface area (Å²) in [6, 6.07) is 10.2. The lowest BCUT2D eigenvalue weighted by Gasteiger charge is -2.31. The van der Waals surface area contributed by atoms with Crippen LogP contribution >= 0.6 is 11.6 Å². The maximum atomic E-state index is 13.7. The quantitative estimate of drug-likeness (QED) is 0.599. The van der Waals surface area contributed by atoms with Crippen LogP contribution in [0.1, 0.15) is 51.3 Å². The molecule has 0 saturated carbocycles. The van der Waals surface area contributed by atoms with Gasteiger partial charge in [0.05, 0.1) is 20.1 Å². The van der Waals surface area contributed by atoms with E-state index in [0.717, 1.165) is 0 Å². The molecule has 2 aromatic rings. The summed E-state index contributed by atoms with van der Waals surface area (Å²) < 4.78 is 16.9. The van der Waals surface area contributed by atoms with Gasteiger partial charge in [-0.15, -0.1) is 0 Å². The second-order valence-corrected chi connectivity index (χ2v) is 9.54. The minimum Gasteiger partial charge on any atom is -0.504 e. The molecule has 0 aliphatic carbocycles. The number of phenolic OH excluding ortho intramolecular Hbond substituents is 1. The Morgan fingerprint density at radius 1 is 1.21 bits per heavy atom. The number of benzene rings is 2. The molecule has 1 amide bonds. The van der Waals surface area contributed by atoms with Gasteiger partial charge in [-0.1, -0.05) is 44.5 Å². The predicted molar refractivity (Wildman–Crippen MR) is 126 cm³/mol. The molecule has 1 aliphatic rings. The number of ether oxygens (including phenoxy) is 3. The van der Waals surface area contributed by atoms with E-state index < -0.39 is 18.2 Å². The Morgan fingerprint density at radius 2 is 1.94 bits per heavy atom. The molecule has 0 aromatic heterocycles. The molecule has 8 heteroatoms. The number of carbonyl (C=O) groups is 2. The Hall–Kier alpha value is -2.77. The fourth-order valence-electron chi connectivity index (χ4n) is 3.93. The number of nitrogens with zero attached hydrogens (tertiary/aromatic N) is 1. The highest BCUT2D eigenvalue weighted by molar-refractivity contribution is 6.30. The zero-order valence-electron chi connectivity index (χ0n) is 19.6. The van der Waals surface area contributed by atoms with Crippen molar-refractivity contribution in [1.82, 2.24) is 0 Å². The van der Waals surface area contributed by atoms with Gasteiger partial charge in [-0.25, -0.2) is 0 Å². The molecule has 1 heterocycles. The van der Waals surface area contributed by atoms with Crippen LogP contribution in [0.15, 0.2) is 36.4 Å². The van der Waals surface area contributed by atoms with Crippen LogP contribution in [0.3, 0.4) is 0 Å². The summed E-state index contributed by atoms with van der Waals surface area (Å²) in [5, 5.41) is 10.8. The number of anilines is 1. The molecule has 33 heavy (non-hydrogen) atoms. The Balaban J connectivity index is 2.22. The number of phenols is 1. The van der Waals surface area contributed by atoms with E-state index >= 15 is 0 Å². The second kappa shape index (κ2) is 10.0. The number of aromatic hydroxyl groups is 1. The van der Waals surface area contributed by atoms with E-state index in [1.165, 1.54) is 13.2 Å². The molecule has 0 bridgehead atoms. The number of fused-ring (bicyclic) bond motifs is 1. The van der Waals surface area contributed by atoms with E-state index in [1.807, 2.05) is 20.8 Å². The summed E-state index contributed by atoms with van der Waals surface area (Å²) >= 11 is 6.35. The number of carbonyl (C=O) groups excluding carboxylic acids is 2. The lowest BCUT2D eigenvalue weighted by molar-refractivity contribution is -0.151. The Labute approximate surface area is 199 Å². The first-order chi connectivity index (χ1) is 15.6. The highest BCUT2D eigenvalue weighted by Gasteiger charge is 2.40. The second-order valence-electron chi connectivity index (χ2n) is 9.10. The van der Waals surface area contributed by atoms with Crippen molar-refractivity contribution in [1.29, 1.82) is 0 Å². The third-order valence-corrected chi connectivity index (χ3v) is 5.44. The average molecular weight is 476 g/mol. The van der Waals surface area contributed by atoms with Gasteiger partial charge in [-0.3, -0.25) is 9.59 Å². The Bertz CT molecular complexity index is 1030. The van der Waals surface area contributed by atoms with Gasteiger partial charge in [0, 0.05) is 28.4 Å². The summed E-state index contributed by atoms with van der Waals surface area (Å²) in [4.78, 5) is 27.7. The van der Waals surface area contributed by atoms with Gasteiger partial charge in [-0.2, -0.15) is 0 Å². The van der Waals surface area contributed by atoms with Crippen molar-refractivity contribution in [2.24, 2.45) is 5.41 Å². The molecule has 1 N–H and O–H groups in total. The summed E-state index contributed by atoms with van der Waals surface area (Å²) in [7, 11) is 1.45. The maximum Gasteiger partial charge on any atom is 0.308 e. The molecule has 7 nitrogen and oxygen atoms in total. The monoisotopic (exact) mass is 475 g/mol. The SMILES string of the molecule is CCOC(=O)CC1OC(c2cccc(O)c2OC)c2cc(Cl)ccc2N(CC(C)(C)C)C1=O. The molecule has 2 atom stereocenters. The number of esters is 1. The number of amides is 1. The van der Waals surface area contributed by atoms with Crippen molar-refractivity contribution in [3.05, 3.63) is 52.5 Å². The number of halogens is 1. The first-order valence-corrected chi connectivity index (χ1v) is 11.2. The highest BCUT2D eigenvalue weighted by Crippen LogP contribution is 2.45. The van der Waals surface area contributed by atoms with E-state index in [-0.39, 0.29) is 35.8 Å². The van der Waals surface area contributed by atoms with Gasteiger partial charge < -0.3 is 24.2 Å². The third kappa shape index (κ3) is 5.60. The smallest absolute Gasteiger partial charge is 0.308 e. The first-order valence-electron chi connectivity index (χ1n) is 10.8. The molecule has 0 radical (unpaired) electrons. The number of hydrogen-bond acceptors (Lipinski definition) is 6. The van der Waals surface area contributed by atoms with Gasteiger partial charge in [-0.05, 0) is 36.6 Å². The number of para-hydroxylation sites is 1. The molecule has 2 aromatic carbocycles. The zero-order valence-corrected chi connectivity index (χ0v) is 20.3. The molecule has 178 valence electrons. The van der Waals surface area contributed by atoms with Crippen LogP contribution in [-0.4, -0.2) is 43.3 Å². The van der Waals surface area contributed by atoms with Gasteiger partial charge in [0.15, 0.2) is 11.5 Å². The topological polar surface area (TPSA) is 85.3 Å². The van der Waals surface area contributed by atoms with Crippen molar-refractivity contribution in [3.63, 3.8) is 0 Å². The van der Waals surface area contributed by atoms with Crippen molar-refractivity contribution >= 4 is 29.2 Å². The minimum absolute atomic E-state index is 0.0637. The van der Waals surface area contributed by atoms with E-state index in [9.17, 15) is 14.7 Å². The molecule has 0 fully saturated rings.